The van der Waals surface area contributed by atoms with E-state index in [9.17, 15) is 0 Å². The van der Waals surface area contributed by atoms with Crippen molar-refractivity contribution >= 4 is 0 Å². The van der Waals surface area contributed by atoms with Crippen LogP contribution >= 0.6 is 0 Å². The van der Waals surface area contributed by atoms with Gasteiger partial charge in [0.2, 0.25) is 0 Å². The van der Waals surface area contributed by atoms with Gasteiger partial charge >= 0.3 is 0 Å². The molecule has 2 aromatic carbocycles. The fourth-order valence-electron chi connectivity index (χ4n) is 3.04. The lowest BCUT2D eigenvalue weighted by Crippen LogP contribution is -2.26. The van der Waals surface area contributed by atoms with E-state index in [-0.39, 0.29) is 0 Å². The normalized spacial score (nSPS) is 18.1. The third-order valence-corrected chi connectivity index (χ3v) is 4.48. The zero-order chi connectivity index (χ0) is 16.1. The second-order valence-electron chi connectivity index (χ2n) is 6.28. The highest BCUT2D eigenvalue weighted by Gasteiger charge is 2.20. The van der Waals surface area contributed by atoms with Gasteiger partial charge in [0.05, 0.1) is 6.61 Å². The van der Waals surface area contributed by atoms with Crippen molar-refractivity contribution < 1.29 is 9.47 Å². The van der Waals surface area contributed by atoms with Crippen molar-refractivity contribution in [1.82, 2.24) is 4.90 Å². The Hall–Kier alpha value is -2.00. The highest BCUT2D eigenvalue weighted by Crippen LogP contribution is 2.31. The average molecular weight is 311 g/mol. The quantitative estimate of drug-likeness (QED) is 0.775. The molecule has 23 heavy (non-hydrogen) atoms. The molecule has 2 aromatic rings. The molecular weight excluding hydrogens is 286 g/mol. The maximum absolute atomic E-state index is 5.99. The number of rotatable bonds is 6. The molecule has 3 heteroatoms. The number of para-hydroxylation sites is 2. The first-order valence-electron chi connectivity index (χ1n) is 8.39. The van der Waals surface area contributed by atoms with E-state index >= 15 is 0 Å². The number of likely N-dealkylation sites (tertiary alicyclic amines) is 1. The van der Waals surface area contributed by atoms with Gasteiger partial charge in [0, 0.05) is 6.04 Å². The van der Waals surface area contributed by atoms with Gasteiger partial charge in [0.15, 0.2) is 11.5 Å². The van der Waals surface area contributed by atoms with Crippen LogP contribution in [0.2, 0.25) is 0 Å². The maximum atomic E-state index is 5.99. The van der Waals surface area contributed by atoms with Crippen molar-refractivity contribution in [1.29, 1.82) is 0 Å². The molecule has 0 aromatic heterocycles. The van der Waals surface area contributed by atoms with E-state index in [1.54, 1.807) is 0 Å². The van der Waals surface area contributed by atoms with Gasteiger partial charge in [-0.3, -0.25) is 0 Å². The number of hydrogen-bond acceptors (Lipinski definition) is 3. The molecule has 0 spiro atoms. The molecule has 0 aliphatic carbocycles. The summed E-state index contributed by atoms with van der Waals surface area (Å²) in [5.41, 5.74) is 1.22. The van der Waals surface area contributed by atoms with Crippen molar-refractivity contribution in [3.8, 4) is 17.2 Å². The first-order chi connectivity index (χ1) is 11.2. The predicted octanol–water partition coefficient (Wildman–Crippen LogP) is 4.65. The van der Waals surface area contributed by atoms with Crippen LogP contribution in [-0.2, 0) is 0 Å². The zero-order valence-corrected chi connectivity index (χ0v) is 14.0. The fraction of sp³-hybridized carbons (Fsp3) is 0.400. The Bertz CT molecular complexity index is 624. The Morgan fingerprint density at radius 1 is 1.04 bits per heavy atom. The smallest absolute Gasteiger partial charge is 0.169 e. The van der Waals surface area contributed by atoms with Gasteiger partial charge in [-0.2, -0.15) is 0 Å². The van der Waals surface area contributed by atoms with E-state index in [1.807, 2.05) is 36.4 Å². The Labute approximate surface area is 138 Å². The molecule has 0 radical (unpaired) electrons. The summed E-state index contributed by atoms with van der Waals surface area (Å²) in [7, 11) is 2.20. The van der Waals surface area contributed by atoms with Crippen LogP contribution in [0.1, 0.15) is 24.8 Å². The lowest BCUT2D eigenvalue weighted by atomic mass is 10.1. The summed E-state index contributed by atoms with van der Waals surface area (Å²) in [6, 6.07) is 16.6. The van der Waals surface area contributed by atoms with Crippen molar-refractivity contribution in [2.75, 3.05) is 20.2 Å². The van der Waals surface area contributed by atoms with Crippen molar-refractivity contribution in [3.63, 3.8) is 0 Å². The largest absolute Gasteiger partial charge is 0.490 e. The first-order valence-corrected chi connectivity index (χ1v) is 8.39. The molecule has 3 rings (SSSR count). The number of ether oxygens (including phenoxy) is 2. The summed E-state index contributed by atoms with van der Waals surface area (Å²) >= 11 is 0. The second kappa shape index (κ2) is 7.51. The van der Waals surface area contributed by atoms with Crippen LogP contribution in [0.4, 0.5) is 0 Å². The number of nitrogens with zero attached hydrogens (tertiary/aromatic N) is 1. The average Bonchev–Trinajstić information content (AvgIpc) is 2.96. The van der Waals surface area contributed by atoms with E-state index in [4.69, 9.17) is 9.47 Å². The molecule has 1 atom stereocenters. The Balaban J connectivity index is 1.60. The third kappa shape index (κ3) is 4.26. The van der Waals surface area contributed by atoms with Gasteiger partial charge in [-0.25, -0.2) is 0 Å². The van der Waals surface area contributed by atoms with E-state index < -0.39 is 0 Å². The summed E-state index contributed by atoms with van der Waals surface area (Å²) in [6.07, 6.45) is 3.64. The van der Waals surface area contributed by atoms with E-state index in [0.717, 1.165) is 30.3 Å². The monoisotopic (exact) mass is 311 g/mol. The molecule has 0 bridgehead atoms. The molecule has 1 saturated heterocycles. The molecule has 1 aliphatic heterocycles. The minimum Gasteiger partial charge on any atom is -0.490 e. The van der Waals surface area contributed by atoms with E-state index in [2.05, 4.69) is 31.0 Å². The lowest BCUT2D eigenvalue weighted by Gasteiger charge is -2.19. The van der Waals surface area contributed by atoms with Gasteiger partial charge < -0.3 is 14.4 Å². The Morgan fingerprint density at radius 2 is 1.78 bits per heavy atom. The van der Waals surface area contributed by atoms with E-state index in [1.165, 1.54) is 24.9 Å². The van der Waals surface area contributed by atoms with Crippen LogP contribution in [0, 0.1) is 6.92 Å². The zero-order valence-electron chi connectivity index (χ0n) is 14.0. The Morgan fingerprint density at radius 3 is 2.48 bits per heavy atom. The first kappa shape index (κ1) is 15.9. The van der Waals surface area contributed by atoms with Crippen LogP contribution in [0.25, 0.3) is 0 Å². The molecule has 0 saturated carbocycles. The molecule has 1 fully saturated rings. The van der Waals surface area contributed by atoms with Gasteiger partial charge in [-0.1, -0.05) is 29.8 Å². The highest BCUT2D eigenvalue weighted by molar-refractivity contribution is 5.43. The number of benzene rings is 2. The van der Waals surface area contributed by atoms with Crippen molar-refractivity contribution in [3.05, 3.63) is 54.1 Å². The van der Waals surface area contributed by atoms with Gasteiger partial charge in [0.1, 0.15) is 5.75 Å². The Kier molecular flexibility index (Phi) is 5.19. The SMILES string of the molecule is Cc1ccc(Oc2ccccc2OCC[C@@H]2CCCN2C)cc1. The van der Waals surface area contributed by atoms with Crippen LogP contribution in [0.15, 0.2) is 48.5 Å². The summed E-state index contributed by atoms with van der Waals surface area (Å²) in [5, 5.41) is 0. The molecule has 3 nitrogen and oxygen atoms in total. The predicted molar refractivity (Wildman–Crippen MR) is 93.5 cm³/mol. The standard InChI is InChI=1S/C20H25NO2/c1-16-9-11-18(12-10-16)23-20-8-4-3-7-19(20)22-15-13-17-6-5-14-21(17)2/h3-4,7-12,17H,5-6,13-15H2,1-2H3/t17-/m0/s1. The van der Waals surface area contributed by atoms with Crippen LogP contribution in [0.3, 0.4) is 0 Å². The van der Waals surface area contributed by atoms with Gasteiger partial charge in [-0.05, 0) is 64.0 Å². The summed E-state index contributed by atoms with van der Waals surface area (Å²) < 4.78 is 12.0. The second-order valence-corrected chi connectivity index (χ2v) is 6.28. The summed E-state index contributed by atoms with van der Waals surface area (Å²) in [5.74, 6) is 2.42. The van der Waals surface area contributed by atoms with Crippen molar-refractivity contribution in [2.24, 2.45) is 0 Å². The maximum Gasteiger partial charge on any atom is 0.169 e. The topological polar surface area (TPSA) is 21.7 Å². The van der Waals surface area contributed by atoms with Crippen molar-refractivity contribution in [2.45, 2.75) is 32.2 Å². The van der Waals surface area contributed by atoms with E-state index in [0.29, 0.717) is 6.04 Å². The number of hydrogen-bond donors (Lipinski definition) is 0. The van der Waals surface area contributed by atoms with Crippen LogP contribution in [-0.4, -0.2) is 31.1 Å². The summed E-state index contributed by atoms with van der Waals surface area (Å²) in [4.78, 5) is 2.43. The molecule has 0 unspecified atom stereocenters. The fourth-order valence-corrected chi connectivity index (χ4v) is 3.04. The molecule has 1 heterocycles. The highest BCUT2D eigenvalue weighted by atomic mass is 16.5. The lowest BCUT2D eigenvalue weighted by molar-refractivity contribution is 0.229. The van der Waals surface area contributed by atoms with Crippen LogP contribution in [0.5, 0.6) is 17.2 Å². The van der Waals surface area contributed by atoms with Gasteiger partial charge in [-0.15, -0.1) is 0 Å². The molecule has 1 aliphatic rings. The third-order valence-electron chi connectivity index (χ3n) is 4.48. The molecular formula is C20H25NO2. The minimum atomic E-state index is 0.653. The van der Waals surface area contributed by atoms with Gasteiger partial charge in [0.25, 0.3) is 0 Å². The molecule has 122 valence electrons. The summed E-state index contributed by atoms with van der Waals surface area (Å²) in [6.45, 7) is 4.00. The minimum absolute atomic E-state index is 0.653. The molecule has 0 amide bonds. The molecule has 0 N–H and O–H groups in total. The van der Waals surface area contributed by atoms with Crippen LogP contribution < -0.4 is 9.47 Å². The number of aryl methyl sites for hydroxylation is 1.